The minimum absolute atomic E-state index is 0.163. The number of hydrogen-bond donors (Lipinski definition) is 0. The molecule has 2 aromatic carbocycles. The molecule has 0 aromatic heterocycles. The average molecular weight is 440 g/mol. The van der Waals surface area contributed by atoms with Gasteiger partial charge in [0.2, 0.25) is 0 Å². The van der Waals surface area contributed by atoms with E-state index in [2.05, 4.69) is 0 Å². The molecule has 1 aliphatic rings. The Kier molecular flexibility index (Phi) is 7.30. The summed E-state index contributed by atoms with van der Waals surface area (Å²) < 4.78 is 16.4. The van der Waals surface area contributed by atoms with Crippen LogP contribution in [0.1, 0.15) is 43.6 Å². The van der Waals surface area contributed by atoms with Crippen molar-refractivity contribution in [1.82, 2.24) is 0 Å². The minimum atomic E-state index is -0.952. The van der Waals surface area contributed by atoms with E-state index < -0.39 is 29.6 Å². The molecule has 1 aliphatic heterocycles. The lowest BCUT2D eigenvalue weighted by atomic mass is 10.0. The van der Waals surface area contributed by atoms with Gasteiger partial charge in [-0.1, -0.05) is 36.4 Å². The van der Waals surface area contributed by atoms with Crippen LogP contribution in [0.4, 0.5) is 5.69 Å². The summed E-state index contributed by atoms with van der Waals surface area (Å²) in [5, 5.41) is 0. The normalized spacial score (nSPS) is 17.6. The minimum Gasteiger partial charge on any atom is -0.460 e. The first kappa shape index (κ1) is 23.5. The molecular weight excluding hydrogens is 410 g/mol. The zero-order valence-corrected chi connectivity index (χ0v) is 18.9. The molecule has 1 amide bonds. The van der Waals surface area contributed by atoms with Gasteiger partial charge in [0.1, 0.15) is 18.3 Å². The number of amides is 1. The highest BCUT2D eigenvalue weighted by Gasteiger charge is 2.39. The summed E-state index contributed by atoms with van der Waals surface area (Å²) in [6, 6.07) is 16.1. The van der Waals surface area contributed by atoms with Gasteiger partial charge >= 0.3 is 11.9 Å². The van der Waals surface area contributed by atoms with Crippen molar-refractivity contribution < 1.29 is 28.6 Å². The molecule has 7 heteroatoms. The predicted octanol–water partition coefficient (Wildman–Crippen LogP) is 3.75. The summed E-state index contributed by atoms with van der Waals surface area (Å²) in [7, 11) is 0. The van der Waals surface area contributed by atoms with Gasteiger partial charge in [0, 0.05) is 12.2 Å². The van der Waals surface area contributed by atoms with Gasteiger partial charge in [0.15, 0.2) is 0 Å². The third-order valence-electron chi connectivity index (χ3n) is 4.96. The highest BCUT2D eigenvalue weighted by Crippen LogP contribution is 2.25. The van der Waals surface area contributed by atoms with Crippen LogP contribution in [0, 0.1) is 5.92 Å². The molecule has 3 rings (SSSR count). The van der Waals surface area contributed by atoms with Crippen LogP contribution in [0.5, 0.6) is 0 Å². The second-order valence-electron chi connectivity index (χ2n) is 8.72. The van der Waals surface area contributed by atoms with Crippen molar-refractivity contribution in [3.63, 3.8) is 0 Å². The van der Waals surface area contributed by atoms with Gasteiger partial charge in [0.25, 0.3) is 5.91 Å². The first-order valence-corrected chi connectivity index (χ1v) is 10.6. The summed E-state index contributed by atoms with van der Waals surface area (Å²) >= 11 is 0. The number of anilines is 1. The van der Waals surface area contributed by atoms with Gasteiger partial charge in [-0.3, -0.25) is 9.59 Å². The molecule has 0 aliphatic carbocycles. The van der Waals surface area contributed by atoms with Crippen molar-refractivity contribution in [2.75, 3.05) is 18.1 Å². The fraction of sp³-hybridized carbons (Fsp3) is 0.400. The van der Waals surface area contributed by atoms with Crippen LogP contribution in [0.3, 0.4) is 0 Å². The van der Waals surface area contributed by atoms with Crippen LogP contribution in [0.25, 0.3) is 0 Å². The molecule has 0 radical (unpaired) electrons. The van der Waals surface area contributed by atoms with Crippen molar-refractivity contribution in [3.8, 4) is 0 Å². The lowest BCUT2D eigenvalue weighted by Gasteiger charge is -2.35. The molecule has 0 spiro atoms. The van der Waals surface area contributed by atoms with Gasteiger partial charge in [-0.15, -0.1) is 0 Å². The van der Waals surface area contributed by atoms with Crippen LogP contribution < -0.4 is 4.90 Å². The van der Waals surface area contributed by atoms with E-state index in [1.165, 1.54) is 4.90 Å². The van der Waals surface area contributed by atoms with E-state index in [9.17, 15) is 14.4 Å². The fourth-order valence-electron chi connectivity index (χ4n) is 3.35. The van der Waals surface area contributed by atoms with E-state index in [1.807, 2.05) is 30.3 Å². The van der Waals surface area contributed by atoms with Gasteiger partial charge in [-0.25, -0.2) is 4.79 Å². The summed E-state index contributed by atoms with van der Waals surface area (Å²) in [5.41, 5.74) is 1.12. The van der Waals surface area contributed by atoms with Gasteiger partial charge in [0.05, 0.1) is 18.1 Å². The topological polar surface area (TPSA) is 82.1 Å². The molecule has 2 unspecified atom stereocenters. The molecule has 7 nitrogen and oxygen atoms in total. The summed E-state index contributed by atoms with van der Waals surface area (Å²) in [4.78, 5) is 39.6. The molecule has 2 aromatic rings. The highest BCUT2D eigenvalue weighted by atomic mass is 16.6. The molecule has 1 heterocycles. The van der Waals surface area contributed by atoms with Crippen LogP contribution >= 0.6 is 0 Å². The van der Waals surface area contributed by atoms with E-state index >= 15 is 0 Å². The molecule has 1 saturated heterocycles. The maximum Gasteiger partial charge on any atom is 0.338 e. The number of esters is 2. The first-order valence-electron chi connectivity index (χ1n) is 10.6. The summed E-state index contributed by atoms with van der Waals surface area (Å²) in [6.07, 6.45) is -0.952. The molecular formula is C25H29NO6. The van der Waals surface area contributed by atoms with Crippen molar-refractivity contribution in [3.05, 3.63) is 65.7 Å². The molecule has 170 valence electrons. The van der Waals surface area contributed by atoms with Crippen molar-refractivity contribution >= 4 is 23.5 Å². The standard InChI is InChI=1S/C25H29NO6/c1-17(23(28)32-25(2,3)4)21-22(27)26(13-14-30-21)20-12-8-11-19(15-20)24(29)31-16-18-9-6-5-7-10-18/h5-12,15,17,21H,13-14,16H2,1-4H3. The summed E-state index contributed by atoms with van der Waals surface area (Å²) in [5.74, 6) is -2.07. The van der Waals surface area contributed by atoms with Gasteiger partial charge in [-0.2, -0.15) is 0 Å². The first-order chi connectivity index (χ1) is 15.2. The Hall–Kier alpha value is -3.19. The molecule has 0 bridgehead atoms. The largest absolute Gasteiger partial charge is 0.460 e. The van der Waals surface area contributed by atoms with E-state index in [0.29, 0.717) is 17.8 Å². The van der Waals surface area contributed by atoms with Crippen molar-refractivity contribution in [2.45, 2.75) is 46.0 Å². The zero-order chi connectivity index (χ0) is 23.3. The SMILES string of the molecule is CC(C(=O)OC(C)(C)C)C1OCCN(c2cccc(C(=O)OCc3ccccc3)c2)C1=O. The van der Waals surface area contributed by atoms with Gasteiger partial charge in [-0.05, 0) is 51.5 Å². The Bertz CT molecular complexity index is 966. The lowest BCUT2D eigenvalue weighted by Crippen LogP contribution is -2.52. The molecule has 1 fully saturated rings. The van der Waals surface area contributed by atoms with E-state index in [4.69, 9.17) is 14.2 Å². The zero-order valence-electron chi connectivity index (χ0n) is 18.9. The number of ether oxygens (including phenoxy) is 3. The maximum absolute atomic E-state index is 13.1. The van der Waals surface area contributed by atoms with Crippen LogP contribution in [0.15, 0.2) is 54.6 Å². The summed E-state index contributed by atoms with van der Waals surface area (Å²) in [6.45, 7) is 7.69. The quantitative estimate of drug-likeness (QED) is 0.638. The Morgan fingerprint density at radius 3 is 2.53 bits per heavy atom. The Balaban J connectivity index is 1.70. The number of nitrogens with zero attached hydrogens (tertiary/aromatic N) is 1. The monoisotopic (exact) mass is 439 g/mol. The van der Waals surface area contributed by atoms with E-state index in [-0.39, 0.29) is 19.1 Å². The number of morpholine rings is 1. The Morgan fingerprint density at radius 2 is 1.84 bits per heavy atom. The number of benzene rings is 2. The van der Waals surface area contributed by atoms with Crippen molar-refractivity contribution in [2.24, 2.45) is 5.92 Å². The van der Waals surface area contributed by atoms with Crippen molar-refractivity contribution in [1.29, 1.82) is 0 Å². The predicted molar refractivity (Wildman–Crippen MR) is 119 cm³/mol. The Morgan fingerprint density at radius 1 is 1.12 bits per heavy atom. The highest BCUT2D eigenvalue weighted by molar-refractivity contribution is 6.00. The van der Waals surface area contributed by atoms with Crippen LogP contribution in [-0.4, -0.2) is 42.7 Å². The number of rotatable bonds is 6. The van der Waals surface area contributed by atoms with Crippen LogP contribution in [-0.2, 0) is 30.4 Å². The van der Waals surface area contributed by atoms with E-state index in [0.717, 1.165) is 5.56 Å². The molecule has 0 saturated carbocycles. The maximum atomic E-state index is 13.1. The second-order valence-corrected chi connectivity index (χ2v) is 8.72. The lowest BCUT2D eigenvalue weighted by molar-refractivity contribution is -0.168. The second kappa shape index (κ2) is 9.96. The molecule has 2 atom stereocenters. The Labute approximate surface area is 188 Å². The fourth-order valence-corrected chi connectivity index (χ4v) is 3.35. The number of carbonyl (C=O) groups excluding carboxylic acids is 3. The van der Waals surface area contributed by atoms with Crippen LogP contribution in [0.2, 0.25) is 0 Å². The van der Waals surface area contributed by atoms with Gasteiger partial charge < -0.3 is 19.1 Å². The van der Waals surface area contributed by atoms with E-state index in [1.54, 1.807) is 52.0 Å². The third-order valence-corrected chi connectivity index (χ3v) is 4.96. The molecule has 0 N–H and O–H groups in total. The number of hydrogen-bond acceptors (Lipinski definition) is 6. The third kappa shape index (κ3) is 5.95. The smallest absolute Gasteiger partial charge is 0.338 e. The number of carbonyl (C=O) groups is 3. The average Bonchev–Trinajstić information content (AvgIpc) is 2.77. The molecule has 32 heavy (non-hydrogen) atoms.